The molecule has 1 aromatic heterocycles. The molecule has 0 saturated heterocycles. The highest BCUT2D eigenvalue weighted by molar-refractivity contribution is 6.33. The summed E-state index contributed by atoms with van der Waals surface area (Å²) in [5.41, 5.74) is 0.244. The van der Waals surface area contributed by atoms with Crippen molar-refractivity contribution in [2.24, 2.45) is 5.92 Å². The number of aliphatic hydroxyl groups is 1. The molecule has 1 amide bonds. The monoisotopic (exact) mass is 325 g/mol. The molecule has 2 rings (SSSR count). The number of hydrogen-bond acceptors (Lipinski definition) is 4. The summed E-state index contributed by atoms with van der Waals surface area (Å²) in [5.74, 6) is 0.660. The van der Waals surface area contributed by atoms with Crippen molar-refractivity contribution in [1.29, 1.82) is 0 Å². The van der Waals surface area contributed by atoms with Gasteiger partial charge >= 0.3 is 0 Å². The van der Waals surface area contributed by atoms with Gasteiger partial charge in [0.15, 0.2) is 5.69 Å². The van der Waals surface area contributed by atoms with Crippen LogP contribution in [0.3, 0.4) is 0 Å². The summed E-state index contributed by atoms with van der Waals surface area (Å²) in [5, 5.41) is 10.3. The number of aliphatic hydroxyl groups excluding tert-OH is 1. The molecule has 1 aromatic rings. The second kappa shape index (κ2) is 7.38. The Kier molecular flexibility index (Phi) is 5.75. The molecule has 1 aliphatic rings. The Morgan fingerprint density at radius 3 is 2.77 bits per heavy atom. The first kappa shape index (κ1) is 17.2. The molecule has 1 heterocycles. The van der Waals surface area contributed by atoms with E-state index >= 15 is 0 Å². The lowest BCUT2D eigenvalue weighted by Gasteiger charge is -2.31. The average Bonchev–Trinajstić information content (AvgIpc) is 2.49. The molecule has 1 aliphatic carbocycles. The molecule has 0 bridgehead atoms. The van der Waals surface area contributed by atoms with Crippen LogP contribution < -0.4 is 0 Å². The molecule has 0 aromatic carbocycles. The van der Waals surface area contributed by atoms with Crippen molar-refractivity contribution in [3.05, 3.63) is 22.7 Å². The number of aromatic nitrogens is 2. The highest BCUT2D eigenvalue weighted by atomic mass is 35.5. The minimum atomic E-state index is -0.323. The summed E-state index contributed by atoms with van der Waals surface area (Å²) in [4.78, 5) is 22.7. The molecule has 6 heteroatoms. The minimum Gasteiger partial charge on any atom is -0.393 e. The zero-order valence-electron chi connectivity index (χ0n) is 13.4. The Morgan fingerprint density at radius 2 is 2.14 bits per heavy atom. The number of hydrogen-bond donors (Lipinski definition) is 1. The number of amides is 1. The normalized spacial score (nSPS) is 21.9. The van der Waals surface area contributed by atoms with E-state index in [2.05, 4.69) is 9.97 Å². The van der Waals surface area contributed by atoms with E-state index in [4.69, 9.17) is 11.6 Å². The van der Waals surface area contributed by atoms with Crippen LogP contribution in [0.2, 0.25) is 5.02 Å². The smallest absolute Gasteiger partial charge is 0.273 e. The lowest BCUT2D eigenvalue weighted by atomic mass is 9.86. The van der Waals surface area contributed by atoms with Gasteiger partial charge in [-0.3, -0.25) is 4.79 Å². The van der Waals surface area contributed by atoms with Crippen molar-refractivity contribution in [2.75, 3.05) is 13.6 Å². The molecule has 2 atom stereocenters. The predicted octanol–water partition coefficient (Wildman–Crippen LogP) is 2.88. The maximum atomic E-state index is 12.6. The summed E-state index contributed by atoms with van der Waals surface area (Å²) in [6, 6.07) is 0. The zero-order valence-corrected chi connectivity index (χ0v) is 14.2. The molecular formula is C16H24ClN3O2. The van der Waals surface area contributed by atoms with E-state index in [9.17, 15) is 9.90 Å². The van der Waals surface area contributed by atoms with Gasteiger partial charge in [0.25, 0.3) is 5.91 Å². The molecule has 22 heavy (non-hydrogen) atoms. The molecule has 1 saturated carbocycles. The third kappa shape index (κ3) is 3.96. The first-order chi connectivity index (χ1) is 10.4. The van der Waals surface area contributed by atoms with Gasteiger partial charge in [-0.15, -0.1) is 0 Å². The van der Waals surface area contributed by atoms with Gasteiger partial charge in [0.1, 0.15) is 5.82 Å². The zero-order chi connectivity index (χ0) is 16.3. The summed E-state index contributed by atoms with van der Waals surface area (Å²) >= 11 is 6.09. The van der Waals surface area contributed by atoms with E-state index in [0.29, 0.717) is 12.4 Å². The summed E-state index contributed by atoms with van der Waals surface area (Å²) < 4.78 is 0. The second-order valence-electron chi connectivity index (χ2n) is 6.38. The maximum absolute atomic E-state index is 12.6. The van der Waals surface area contributed by atoms with Gasteiger partial charge in [-0.2, -0.15) is 0 Å². The van der Waals surface area contributed by atoms with Crippen LogP contribution in [0.15, 0.2) is 6.20 Å². The standard InChI is InChI=1S/C16H24ClN3O2/c1-10(2)15-18-8-12(17)14(19-15)16(22)20(3)9-11-6-4-5-7-13(11)21/h8,10-11,13,21H,4-7,9H2,1-3H3. The summed E-state index contributed by atoms with van der Waals surface area (Å²) in [6.45, 7) is 4.47. The fraction of sp³-hybridized carbons (Fsp3) is 0.688. The van der Waals surface area contributed by atoms with Gasteiger partial charge in [0.05, 0.1) is 17.3 Å². The Hall–Kier alpha value is -1.20. The van der Waals surface area contributed by atoms with Crippen LogP contribution in [-0.2, 0) is 0 Å². The fourth-order valence-electron chi connectivity index (χ4n) is 2.83. The highest BCUT2D eigenvalue weighted by Gasteiger charge is 2.27. The first-order valence-electron chi connectivity index (χ1n) is 7.86. The predicted molar refractivity (Wildman–Crippen MR) is 86.1 cm³/mol. The van der Waals surface area contributed by atoms with Crippen molar-refractivity contribution in [3.8, 4) is 0 Å². The average molecular weight is 326 g/mol. The Bertz CT molecular complexity index is 536. The van der Waals surface area contributed by atoms with Gasteiger partial charge in [0, 0.05) is 25.4 Å². The summed E-state index contributed by atoms with van der Waals surface area (Å²) in [7, 11) is 1.73. The van der Waals surface area contributed by atoms with Gasteiger partial charge in [-0.1, -0.05) is 38.3 Å². The van der Waals surface area contributed by atoms with E-state index in [-0.39, 0.29) is 34.6 Å². The summed E-state index contributed by atoms with van der Waals surface area (Å²) in [6.07, 6.45) is 5.10. The molecule has 2 unspecified atom stereocenters. The number of carbonyl (C=O) groups excluding carboxylic acids is 1. The molecule has 1 fully saturated rings. The lowest BCUT2D eigenvalue weighted by molar-refractivity contribution is 0.0448. The van der Waals surface area contributed by atoms with Crippen LogP contribution >= 0.6 is 11.6 Å². The van der Waals surface area contributed by atoms with Gasteiger partial charge in [-0.25, -0.2) is 9.97 Å². The van der Waals surface area contributed by atoms with E-state index in [0.717, 1.165) is 25.7 Å². The number of carbonyl (C=O) groups is 1. The van der Waals surface area contributed by atoms with Crippen molar-refractivity contribution >= 4 is 17.5 Å². The van der Waals surface area contributed by atoms with Crippen molar-refractivity contribution < 1.29 is 9.90 Å². The van der Waals surface area contributed by atoms with Crippen molar-refractivity contribution in [2.45, 2.75) is 51.6 Å². The highest BCUT2D eigenvalue weighted by Crippen LogP contribution is 2.26. The van der Waals surface area contributed by atoms with Gasteiger partial charge < -0.3 is 10.0 Å². The van der Waals surface area contributed by atoms with Crippen LogP contribution in [0.5, 0.6) is 0 Å². The van der Waals surface area contributed by atoms with E-state index in [1.807, 2.05) is 13.8 Å². The Morgan fingerprint density at radius 1 is 1.45 bits per heavy atom. The Balaban J connectivity index is 2.11. The molecular weight excluding hydrogens is 302 g/mol. The number of rotatable bonds is 4. The lowest BCUT2D eigenvalue weighted by Crippen LogP contribution is -2.38. The first-order valence-corrected chi connectivity index (χ1v) is 8.24. The topological polar surface area (TPSA) is 66.3 Å². The van der Waals surface area contributed by atoms with Crippen LogP contribution in [0.4, 0.5) is 0 Å². The van der Waals surface area contributed by atoms with E-state index in [1.54, 1.807) is 11.9 Å². The molecule has 0 spiro atoms. The van der Waals surface area contributed by atoms with E-state index < -0.39 is 0 Å². The molecule has 1 N–H and O–H groups in total. The molecule has 122 valence electrons. The van der Waals surface area contributed by atoms with Crippen LogP contribution in [0, 0.1) is 5.92 Å². The number of halogens is 1. The quantitative estimate of drug-likeness (QED) is 0.924. The third-order valence-corrected chi connectivity index (χ3v) is 4.48. The minimum absolute atomic E-state index is 0.132. The van der Waals surface area contributed by atoms with Crippen molar-refractivity contribution in [3.63, 3.8) is 0 Å². The fourth-order valence-corrected chi connectivity index (χ4v) is 3.00. The molecule has 5 nitrogen and oxygen atoms in total. The maximum Gasteiger partial charge on any atom is 0.273 e. The van der Waals surface area contributed by atoms with Crippen LogP contribution in [-0.4, -0.2) is 45.6 Å². The van der Waals surface area contributed by atoms with Crippen LogP contribution in [0.1, 0.15) is 61.8 Å². The van der Waals surface area contributed by atoms with Gasteiger partial charge in [-0.05, 0) is 12.8 Å². The second-order valence-corrected chi connectivity index (χ2v) is 6.78. The van der Waals surface area contributed by atoms with Crippen molar-refractivity contribution in [1.82, 2.24) is 14.9 Å². The SMILES string of the molecule is CC(C)c1ncc(Cl)c(C(=O)N(C)CC2CCCCC2O)n1. The molecule has 0 aliphatic heterocycles. The van der Waals surface area contributed by atoms with Crippen LogP contribution in [0.25, 0.3) is 0 Å². The Labute approximate surface area is 136 Å². The van der Waals surface area contributed by atoms with E-state index in [1.165, 1.54) is 6.20 Å². The third-order valence-electron chi connectivity index (χ3n) is 4.21. The largest absolute Gasteiger partial charge is 0.393 e. The number of nitrogens with zero attached hydrogens (tertiary/aromatic N) is 3. The van der Waals surface area contributed by atoms with Gasteiger partial charge in [0.2, 0.25) is 0 Å². The molecule has 0 radical (unpaired) electrons.